The molecule has 1 saturated carbocycles. The van der Waals surface area contributed by atoms with Crippen LogP contribution in [0.5, 0.6) is 0 Å². The van der Waals surface area contributed by atoms with Crippen molar-refractivity contribution < 1.29 is 4.74 Å². The van der Waals surface area contributed by atoms with Gasteiger partial charge in [-0.1, -0.05) is 11.6 Å². The number of rotatable bonds is 2. The second-order valence-corrected chi connectivity index (χ2v) is 5.92. The molecule has 1 unspecified atom stereocenters. The van der Waals surface area contributed by atoms with Crippen molar-refractivity contribution >= 4 is 28.2 Å². The van der Waals surface area contributed by atoms with E-state index in [4.69, 9.17) is 16.3 Å². The maximum Gasteiger partial charge on any atom is 0.159 e. The summed E-state index contributed by atoms with van der Waals surface area (Å²) in [5.74, 6) is 1.91. The average Bonchev–Trinajstić information content (AvgIpc) is 2.71. The Bertz CT molecular complexity index is 634. The summed E-state index contributed by atoms with van der Waals surface area (Å²) < 4.78 is 5.62. The average molecular weight is 291 g/mol. The third kappa shape index (κ3) is 1.93. The molecule has 3 heterocycles. The van der Waals surface area contributed by atoms with Crippen LogP contribution in [0, 0.1) is 11.8 Å². The van der Waals surface area contributed by atoms with Crippen LogP contribution in [0.2, 0.25) is 5.15 Å². The van der Waals surface area contributed by atoms with Gasteiger partial charge in [0, 0.05) is 41.0 Å². The molecule has 2 aromatic heterocycles. The van der Waals surface area contributed by atoms with E-state index >= 15 is 0 Å². The normalized spacial score (nSPS) is 28.8. The molecule has 1 aliphatic carbocycles. The lowest BCUT2D eigenvalue weighted by molar-refractivity contribution is 0.0392. The van der Waals surface area contributed by atoms with Crippen LogP contribution in [-0.4, -0.2) is 34.4 Å². The van der Waals surface area contributed by atoms with Gasteiger partial charge in [0.1, 0.15) is 0 Å². The number of pyridine rings is 1. The molecule has 0 radical (unpaired) electrons. The first kappa shape index (κ1) is 12.3. The summed E-state index contributed by atoms with van der Waals surface area (Å²) in [7, 11) is 0. The minimum atomic E-state index is 0.419. The highest BCUT2D eigenvalue weighted by Crippen LogP contribution is 2.38. The van der Waals surface area contributed by atoms with Crippen LogP contribution in [0.25, 0.3) is 10.8 Å². The molecule has 0 aromatic carbocycles. The highest BCUT2D eigenvalue weighted by molar-refractivity contribution is 6.34. The fourth-order valence-electron chi connectivity index (χ4n) is 3.38. The molecule has 0 amide bonds. The highest BCUT2D eigenvalue weighted by Gasteiger charge is 2.40. The number of fused-ring (bicyclic) bond motifs is 3. The van der Waals surface area contributed by atoms with Crippen LogP contribution >= 0.6 is 11.6 Å². The van der Waals surface area contributed by atoms with E-state index in [2.05, 4.69) is 20.5 Å². The van der Waals surface area contributed by atoms with Gasteiger partial charge in [-0.05, 0) is 18.9 Å². The first-order valence-electron chi connectivity index (χ1n) is 6.93. The SMILES string of the molecule is Clc1nnc(NC2[C@@H]3CC[C@H]2COC3)c2cnccc12. The summed E-state index contributed by atoms with van der Waals surface area (Å²) in [5.41, 5.74) is 0. The quantitative estimate of drug-likeness (QED) is 0.921. The second kappa shape index (κ2) is 4.82. The van der Waals surface area contributed by atoms with E-state index in [9.17, 15) is 0 Å². The van der Waals surface area contributed by atoms with Crippen LogP contribution in [0.3, 0.4) is 0 Å². The molecule has 2 aromatic rings. The topological polar surface area (TPSA) is 59.9 Å². The van der Waals surface area contributed by atoms with E-state index in [0.29, 0.717) is 23.0 Å². The number of halogens is 1. The lowest BCUT2D eigenvalue weighted by Gasteiger charge is -2.31. The van der Waals surface area contributed by atoms with E-state index in [1.807, 2.05) is 6.07 Å². The number of hydrogen-bond acceptors (Lipinski definition) is 5. The van der Waals surface area contributed by atoms with Crippen molar-refractivity contribution in [3.8, 4) is 0 Å². The Balaban J connectivity index is 1.71. The largest absolute Gasteiger partial charge is 0.381 e. The van der Waals surface area contributed by atoms with E-state index in [1.165, 1.54) is 12.8 Å². The summed E-state index contributed by atoms with van der Waals surface area (Å²) in [5, 5.41) is 14.1. The van der Waals surface area contributed by atoms with E-state index in [1.54, 1.807) is 12.4 Å². The van der Waals surface area contributed by atoms with Crippen molar-refractivity contribution in [1.29, 1.82) is 0 Å². The molecule has 5 nitrogen and oxygen atoms in total. The molecule has 4 rings (SSSR count). The van der Waals surface area contributed by atoms with Gasteiger partial charge in [0.15, 0.2) is 11.0 Å². The molecular formula is C14H15ClN4O. The number of anilines is 1. The maximum atomic E-state index is 6.09. The number of aromatic nitrogens is 3. The zero-order valence-corrected chi connectivity index (χ0v) is 11.7. The Hall–Kier alpha value is -1.46. The molecule has 2 bridgehead atoms. The Kier molecular flexibility index (Phi) is 2.97. The standard InChI is InChI=1S/C14H15ClN4O/c15-13-10-3-4-16-5-11(10)14(19-18-13)17-12-8-1-2-9(12)7-20-6-8/h3-5,8-9,12H,1-2,6-7H2,(H,17,19)/t8-,9+,12?. The van der Waals surface area contributed by atoms with Gasteiger partial charge in [0.25, 0.3) is 0 Å². The fraction of sp³-hybridized carbons (Fsp3) is 0.500. The van der Waals surface area contributed by atoms with Crippen molar-refractivity contribution in [1.82, 2.24) is 15.2 Å². The number of nitrogens with one attached hydrogen (secondary N) is 1. The monoisotopic (exact) mass is 290 g/mol. The summed E-state index contributed by atoms with van der Waals surface area (Å²) in [4.78, 5) is 4.17. The third-order valence-electron chi connectivity index (χ3n) is 4.43. The number of ether oxygens (including phenoxy) is 1. The van der Waals surface area contributed by atoms with Crippen LogP contribution in [0.4, 0.5) is 5.82 Å². The van der Waals surface area contributed by atoms with Gasteiger partial charge < -0.3 is 10.1 Å². The summed E-state index contributed by atoms with van der Waals surface area (Å²) in [6.45, 7) is 1.68. The maximum absolute atomic E-state index is 6.09. The molecular weight excluding hydrogens is 276 g/mol. The first-order chi connectivity index (χ1) is 9.83. The van der Waals surface area contributed by atoms with Crippen LogP contribution in [-0.2, 0) is 4.74 Å². The van der Waals surface area contributed by atoms with Gasteiger partial charge in [0.05, 0.1) is 13.2 Å². The molecule has 2 aliphatic rings. The zero-order chi connectivity index (χ0) is 13.5. The van der Waals surface area contributed by atoms with Gasteiger partial charge in [-0.3, -0.25) is 4.98 Å². The van der Waals surface area contributed by atoms with Crippen LogP contribution in [0.15, 0.2) is 18.5 Å². The Labute approximate surface area is 121 Å². The smallest absolute Gasteiger partial charge is 0.159 e. The second-order valence-electron chi connectivity index (χ2n) is 5.57. The zero-order valence-electron chi connectivity index (χ0n) is 10.9. The molecule has 20 heavy (non-hydrogen) atoms. The van der Waals surface area contributed by atoms with Crippen LogP contribution < -0.4 is 5.32 Å². The van der Waals surface area contributed by atoms with Gasteiger partial charge in [0.2, 0.25) is 0 Å². The van der Waals surface area contributed by atoms with Crippen molar-refractivity contribution in [2.75, 3.05) is 18.5 Å². The van der Waals surface area contributed by atoms with Crippen molar-refractivity contribution in [2.24, 2.45) is 11.8 Å². The van der Waals surface area contributed by atoms with E-state index in [0.717, 1.165) is 29.8 Å². The molecule has 6 heteroatoms. The molecule has 1 N–H and O–H groups in total. The van der Waals surface area contributed by atoms with Gasteiger partial charge in [-0.15, -0.1) is 10.2 Å². The van der Waals surface area contributed by atoms with Crippen molar-refractivity contribution in [3.63, 3.8) is 0 Å². The Morgan fingerprint density at radius 2 is 1.95 bits per heavy atom. The third-order valence-corrected chi connectivity index (χ3v) is 4.71. The summed E-state index contributed by atoms with van der Waals surface area (Å²) in [6.07, 6.45) is 5.95. The fourth-order valence-corrected chi connectivity index (χ4v) is 3.58. The number of nitrogens with zero attached hydrogens (tertiary/aromatic N) is 3. The molecule has 0 spiro atoms. The Morgan fingerprint density at radius 3 is 2.75 bits per heavy atom. The predicted molar refractivity (Wildman–Crippen MR) is 76.8 cm³/mol. The summed E-state index contributed by atoms with van der Waals surface area (Å²) >= 11 is 6.09. The number of hydrogen-bond donors (Lipinski definition) is 1. The minimum absolute atomic E-state index is 0.419. The molecule has 1 saturated heterocycles. The van der Waals surface area contributed by atoms with Gasteiger partial charge in [-0.2, -0.15) is 0 Å². The van der Waals surface area contributed by atoms with Crippen molar-refractivity contribution in [3.05, 3.63) is 23.6 Å². The highest BCUT2D eigenvalue weighted by atomic mass is 35.5. The van der Waals surface area contributed by atoms with Gasteiger partial charge >= 0.3 is 0 Å². The summed E-state index contributed by atoms with van der Waals surface area (Å²) in [6, 6.07) is 2.29. The first-order valence-corrected chi connectivity index (χ1v) is 7.31. The molecule has 3 atom stereocenters. The van der Waals surface area contributed by atoms with E-state index < -0.39 is 0 Å². The van der Waals surface area contributed by atoms with Crippen LogP contribution in [0.1, 0.15) is 12.8 Å². The minimum Gasteiger partial charge on any atom is -0.381 e. The predicted octanol–water partition coefficient (Wildman–Crippen LogP) is 2.52. The lowest BCUT2D eigenvalue weighted by Crippen LogP contribution is -2.39. The van der Waals surface area contributed by atoms with Gasteiger partial charge in [-0.25, -0.2) is 0 Å². The Morgan fingerprint density at radius 1 is 1.15 bits per heavy atom. The lowest BCUT2D eigenvalue weighted by atomic mass is 9.96. The molecule has 104 valence electrons. The molecule has 2 fully saturated rings. The molecule has 1 aliphatic heterocycles. The van der Waals surface area contributed by atoms with E-state index in [-0.39, 0.29) is 0 Å². The van der Waals surface area contributed by atoms with Crippen molar-refractivity contribution in [2.45, 2.75) is 18.9 Å².